The van der Waals surface area contributed by atoms with Crippen molar-refractivity contribution in [2.24, 2.45) is 0 Å². The highest BCUT2D eigenvalue weighted by molar-refractivity contribution is 6.43. The molecular formula is C6H13BO7. The van der Waals surface area contributed by atoms with Crippen LogP contribution in [0.2, 0.25) is 5.82 Å². The molecule has 0 aromatic carbocycles. The fourth-order valence-electron chi connectivity index (χ4n) is 1.44. The van der Waals surface area contributed by atoms with Crippen LogP contribution in [-0.2, 0) is 4.74 Å². The minimum absolute atomic E-state index is 0.580. The molecule has 0 radical (unpaired) electrons. The Morgan fingerprint density at radius 2 is 1.64 bits per heavy atom. The number of aliphatic hydroxyl groups is 4. The summed E-state index contributed by atoms with van der Waals surface area (Å²) >= 11 is 0. The van der Waals surface area contributed by atoms with E-state index in [-0.39, 0.29) is 0 Å². The van der Waals surface area contributed by atoms with Crippen molar-refractivity contribution < 1.29 is 35.2 Å². The van der Waals surface area contributed by atoms with Gasteiger partial charge in [-0.25, -0.2) is 0 Å². The van der Waals surface area contributed by atoms with Crippen LogP contribution >= 0.6 is 0 Å². The first-order valence-electron chi connectivity index (χ1n) is 4.15. The summed E-state index contributed by atoms with van der Waals surface area (Å²) in [7, 11) is -2.01. The Bertz CT molecular complexity index is 189. The van der Waals surface area contributed by atoms with E-state index in [1.54, 1.807) is 0 Å². The Hall–Kier alpha value is -0.215. The van der Waals surface area contributed by atoms with Crippen molar-refractivity contribution in [2.75, 3.05) is 6.61 Å². The van der Waals surface area contributed by atoms with E-state index in [9.17, 15) is 15.3 Å². The molecule has 5 atom stereocenters. The van der Waals surface area contributed by atoms with Gasteiger partial charge in [0.1, 0.15) is 12.2 Å². The Morgan fingerprint density at radius 1 is 1.07 bits per heavy atom. The third-order valence-corrected chi connectivity index (χ3v) is 2.29. The largest absolute Gasteiger partial charge is 0.462 e. The van der Waals surface area contributed by atoms with Gasteiger partial charge in [0.15, 0.2) is 6.29 Å². The van der Waals surface area contributed by atoms with Gasteiger partial charge in [-0.1, -0.05) is 0 Å². The van der Waals surface area contributed by atoms with Gasteiger partial charge in [0.05, 0.1) is 18.5 Å². The van der Waals surface area contributed by atoms with Gasteiger partial charge in [-0.05, 0) is 0 Å². The maximum Gasteiger partial charge on any atom is 0.462 e. The molecule has 7 nitrogen and oxygen atoms in total. The highest BCUT2D eigenvalue weighted by Gasteiger charge is 2.48. The zero-order valence-corrected chi connectivity index (χ0v) is 7.26. The van der Waals surface area contributed by atoms with Crippen LogP contribution < -0.4 is 0 Å². The van der Waals surface area contributed by atoms with Crippen molar-refractivity contribution in [1.82, 2.24) is 0 Å². The first kappa shape index (κ1) is 11.9. The molecule has 0 saturated carbocycles. The summed E-state index contributed by atoms with van der Waals surface area (Å²) in [5, 5.41) is 54.1. The minimum Gasteiger partial charge on any atom is -0.427 e. The molecule has 1 aliphatic rings. The van der Waals surface area contributed by atoms with Crippen LogP contribution in [0.5, 0.6) is 0 Å². The normalized spacial score (nSPS) is 43.7. The van der Waals surface area contributed by atoms with E-state index < -0.39 is 44.1 Å². The van der Waals surface area contributed by atoms with Crippen LogP contribution in [0.3, 0.4) is 0 Å². The van der Waals surface area contributed by atoms with Gasteiger partial charge in [0.25, 0.3) is 0 Å². The molecule has 82 valence electrons. The number of hydrogen-bond donors (Lipinski definition) is 6. The van der Waals surface area contributed by atoms with Crippen molar-refractivity contribution in [2.45, 2.75) is 30.4 Å². The molecule has 1 aliphatic heterocycles. The van der Waals surface area contributed by atoms with Gasteiger partial charge in [0, 0.05) is 0 Å². The van der Waals surface area contributed by atoms with E-state index >= 15 is 0 Å². The van der Waals surface area contributed by atoms with Crippen molar-refractivity contribution in [3.8, 4) is 0 Å². The van der Waals surface area contributed by atoms with Crippen molar-refractivity contribution in [1.29, 1.82) is 0 Å². The Morgan fingerprint density at radius 3 is 2.07 bits per heavy atom. The molecule has 8 heteroatoms. The maximum absolute atomic E-state index is 9.36. The molecule has 0 aliphatic carbocycles. The molecule has 0 aromatic heterocycles. The third kappa shape index (κ3) is 2.06. The van der Waals surface area contributed by atoms with Crippen molar-refractivity contribution in [3.05, 3.63) is 0 Å². The molecule has 0 bridgehead atoms. The molecule has 1 rings (SSSR count). The topological polar surface area (TPSA) is 131 Å². The number of hydrogen-bond acceptors (Lipinski definition) is 7. The maximum atomic E-state index is 9.36. The molecule has 0 aromatic rings. The molecule has 5 unspecified atom stereocenters. The van der Waals surface area contributed by atoms with Crippen LogP contribution in [0, 0.1) is 0 Å². The lowest BCUT2D eigenvalue weighted by Gasteiger charge is -2.39. The van der Waals surface area contributed by atoms with Crippen LogP contribution in [0.25, 0.3) is 0 Å². The quantitative estimate of drug-likeness (QED) is 0.257. The average Bonchev–Trinajstić information content (AvgIpc) is 2.10. The second-order valence-electron chi connectivity index (χ2n) is 3.22. The zero-order valence-electron chi connectivity index (χ0n) is 7.26. The standard InChI is InChI=1S/C6H13BO7/c8-1-2-4(9)5(10)3(7(12)13)6(11)14-2/h2-6,8-13H,1H2. The van der Waals surface area contributed by atoms with Gasteiger partial charge in [-0.15, -0.1) is 0 Å². The smallest absolute Gasteiger partial charge is 0.427 e. The second kappa shape index (κ2) is 4.54. The molecule has 6 N–H and O–H groups in total. The van der Waals surface area contributed by atoms with Crippen molar-refractivity contribution >= 4 is 7.12 Å². The molecule has 0 amide bonds. The zero-order chi connectivity index (χ0) is 10.9. The average molecular weight is 208 g/mol. The van der Waals surface area contributed by atoms with E-state index in [2.05, 4.69) is 4.74 Å². The Kier molecular flexibility index (Phi) is 3.84. The summed E-state index contributed by atoms with van der Waals surface area (Å²) in [5.41, 5.74) is 0. The van der Waals surface area contributed by atoms with Crippen LogP contribution in [-0.4, -0.2) is 68.8 Å². The lowest BCUT2D eigenvalue weighted by atomic mass is 9.66. The molecule has 14 heavy (non-hydrogen) atoms. The summed E-state index contributed by atoms with van der Waals surface area (Å²) in [6.07, 6.45) is -5.79. The van der Waals surface area contributed by atoms with E-state index in [0.29, 0.717) is 0 Å². The van der Waals surface area contributed by atoms with Crippen LogP contribution in [0.15, 0.2) is 0 Å². The molecule has 1 saturated heterocycles. The summed E-state index contributed by atoms with van der Waals surface area (Å²) in [6.45, 7) is -0.580. The van der Waals surface area contributed by atoms with Gasteiger partial charge < -0.3 is 35.2 Å². The first-order chi connectivity index (χ1) is 6.49. The monoisotopic (exact) mass is 208 g/mol. The fourth-order valence-corrected chi connectivity index (χ4v) is 1.44. The predicted octanol–water partition coefficient (Wildman–Crippen LogP) is -3.74. The Balaban J connectivity index is 2.74. The number of aliphatic hydroxyl groups excluding tert-OH is 4. The fraction of sp³-hybridized carbons (Fsp3) is 1.00. The van der Waals surface area contributed by atoms with E-state index in [0.717, 1.165) is 0 Å². The molecule has 1 fully saturated rings. The van der Waals surface area contributed by atoms with E-state index in [1.807, 2.05) is 0 Å². The van der Waals surface area contributed by atoms with Crippen LogP contribution in [0.1, 0.15) is 0 Å². The van der Waals surface area contributed by atoms with Gasteiger partial charge in [0.2, 0.25) is 0 Å². The van der Waals surface area contributed by atoms with E-state index in [1.165, 1.54) is 0 Å². The van der Waals surface area contributed by atoms with Gasteiger partial charge in [-0.2, -0.15) is 0 Å². The summed E-state index contributed by atoms with van der Waals surface area (Å²) in [5.74, 6) is -1.41. The lowest BCUT2D eigenvalue weighted by Crippen LogP contribution is -2.56. The predicted molar refractivity (Wildman–Crippen MR) is 43.9 cm³/mol. The van der Waals surface area contributed by atoms with Crippen molar-refractivity contribution in [3.63, 3.8) is 0 Å². The number of ether oxygens (including phenoxy) is 1. The van der Waals surface area contributed by atoms with Gasteiger partial charge >= 0.3 is 7.12 Å². The summed E-state index contributed by atoms with van der Waals surface area (Å²) in [6, 6.07) is 0. The lowest BCUT2D eigenvalue weighted by molar-refractivity contribution is -0.242. The highest BCUT2D eigenvalue weighted by atomic mass is 16.6. The summed E-state index contributed by atoms with van der Waals surface area (Å²) in [4.78, 5) is 0. The SMILES string of the molecule is OCC1OC(O)C(B(O)O)C(O)C1O. The first-order valence-corrected chi connectivity index (χ1v) is 4.15. The minimum atomic E-state index is -2.01. The molecule has 1 heterocycles. The van der Waals surface area contributed by atoms with Gasteiger partial charge in [-0.3, -0.25) is 0 Å². The molecule has 0 spiro atoms. The summed E-state index contributed by atoms with van der Waals surface area (Å²) < 4.78 is 4.67. The van der Waals surface area contributed by atoms with Crippen LogP contribution in [0.4, 0.5) is 0 Å². The highest BCUT2D eigenvalue weighted by Crippen LogP contribution is 2.30. The van der Waals surface area contributed by atoms with E-state index in [4.69, 9.17) is 15.2 Å². The third-order valence-electron chi connectivity index (χ3n) is 2.29. The Labute approximate surface area is 80.3 Å². The number of rotatable bonds is 2. The molecular weight excluding hydrogens is 195 g/mol. The second-order valence-corrected chi connectivity index (χ2v) is 3.22.